The van der Waals surface area contributed by atoms with Gasteiger partial charge < -0.3 is 20.9 Å². The largest absolute Gasteiger partial charge is 0.382 e. The van der Waals surface area contributed by atoms with Crippen molar-refractivity contribution in [2.75, 3.05) is 41.8 Å². The molecule has 1 fully saturated rings. The SMILES string of the molecule is Nc1nc(NC2CCN(S(=O)(=O)CCCNc3ccon3)CC2)sc1C(=O)c1c(F)cccc1F. The molecule has 0 radical (unpaired) electrons. The first-order valence-corrected chi connectivity index (χ1v) is 13.3. The Morgan fingerprint density at radius 2 is 1.94 bits per heavy atom. The molecule has 0 bridgehead atoms. The molecule has 1 aliphatic heterocycles. The molecule has 0 saturated carbocycles. The molecule has 35 heavy (non-hydrogen) atoms. The van der Waals surface area contributed by atoms with Gasteiger partial charge in [-0.15, -0.1) is 0 Å². The van der Waals surface area contributed by atoms with Gasteiger partial charge in [0.05, 0.1) is 11.3 Å². The standard InChI is InChI=1S/C21H24F2N6O4S2/c22-14-3-1-4-15(23)17(14)18(30)19-20(24)27-21(34-19)26-13-5-9-29(10-6-13)35(31,32)12-2-8-25-16-7-11-33-28-16/h1,3-4,7,11,13H,2,5-6,8-10,12,24H2,(H,25,28)(H,26,27). The highest BCUT2D eigenvalue weighted by Crippen LogP contribution is 2.30. The zero-order valence-electron chi connectivity index (χ0n) is 18.5. The van der Waals surface area contributed by atoms with Crippen LogP contribution < -0.4 is 16.4 Å². The van der Waals surface area contributed by atoms with Crippen molar-refractivity contribution in [1.29, 1.82) is 0 Å². The normalized spacial score (nSPS) is 15.3. The Hall–Kier alpha value is -3.10. The van der Waals surface area contributed by atoms with Crippen LogP contribution in [0.5, 0.6) is 0 Å². The molecule has 0 unspecified atom stereocenters. The van der Waals surface area contributed by atoms with Gasteiger partial charge in [0.1, 0.15) is 28.6 Å². The fourth-order valence-corrected chi connectivity index (χ4v) is 6.18. The number of hydrogen-bond acceptors (Lipinski definition) is 10. The summed E-state index contributed by atoms with van der Waals surface area (Å²) < 4.78 is 59.5. The highest BCUT2D eigenvalue weighted by Gasteiger charge is 2.29. The predicted octanol–water partition coefficient (Wildman–Crippen LogP) is 2.93. The minimum atomic E-state index is -3.40. The molecule has 1 saturated heterocycles. The van der Waals surface area contributed by atoms with E-state index in [9.17, 15) is 22.0 Å². The van der Waals surface area contributed by atoms with E-state index in [1.54, 1.807) is 6.07 Å². The molecule has 0 atom stereocenters. The Morgan fingerprint density at radius 1 is 1.23 bits per heavy atom. The van der Waals surface area contributed by atoms with Crippen LogP contribution >= 0.6 is 11.3 Å². The van der Waals surface area contributed by atoms with Crippen molar-refractivity contribution in [3.63, 3.8) is 0 Å². The van der Waals surface area contributed by atoms with Gasteiger partial charge in [-0.25, -0.2) is 26.5 Å². The monoisotopic (exact) mass is 526 g/mol. The lowest BCUT2D eigenvalue weighted by Crippen LogP contribution is -2.43. The van der Waals surface area contributed by atoms with Crippen molar-refractivity contribution >= 4 is 43.9 Å². The Balaban J connectivity index is 1.29. The van der Waals surface area contributed by atoms with Crippen LogP contribution in [0.15, 0.2) is 35.1 Å². The van der Waals surface area contributed by atoms with Gasteiger partial charge in [0, 0.05) is 31.7 Å². The first-order valence-electron chi connectivity index (χ1n) is 10.9. The third kappa shape index (κ3) is 5.94. The summed E-state index contributed by atoms with van der Waals surface area (Å²) in [6.45, 7) is 1.13. The molecule has 14 heteroatoms. The number of piperidine rings is 1. The molecule has 188 valence electrons. The second-order valence-corrected chi connectivity index (χ2v) is 11.0. The Labute approximate surface area is 204 Å². The third-order valence-electron chi connectivity index (χ3n) is 5.55. The molecular weight excluding hydrogens is 502 g/mol. The maximum absolute atomic E-state index is 14.0. The van der Waals surface area contributed by atoms with Crippen molar-refractivity contribution in [3.8, 4) is 0 Å². The summed E-state index contributed by atoms with van der Waals surface area (Å²) in [7, 11) is -3.40. The average Bonchev–Trinajstić information content (AvgIpc) is 3.46. The summed E-state index contributed by atoms with van der Waals surface area (Å²) in [4.78, 5) is 16.7. The molecule has 1 aromatic carbocycles. The molecule has 4 rings (SSSR count). The lowest BCUT2D eigenvalue weighted by atomic mass is 10.1. The summed E-state index contributed by atoms with van der Waals surface area (Å²) in [5, 5.41) is 10.2. The zero-order chi connectivity index (χ0) is 25.0. The maximum atomic E-state index is 14.0. The van der Waals surface area contributed by atoms with Crippen molar-refractivity contribution < 1.29 is 26.5 Å². The van der Waals surface area contributed by atoms with Gasteiger partial charge in [0.2, 0.25) is 15.8 Å². The summed E-state index contributed by atoms with van der Waals surface area (Å²) in [6.07, 6.45) is 2.91. The minimum absolute atomic E-state index is 0.0109. The van der Waals surface area contributed by atoms with Crippen molar-refractivity contribution in [2.24, 2.45) is 0 Å². The van der Waals surface area contributed by atoms with Gasteiger partial charge >= 0.3 is 0 Å². The van der Waals surface area contributed by atoms with Crippen LogP contribution in [-0.2, 0) is 10.0 Å². The number of rotatable bonds is 10. The summed E-state index contributed by atoms with van der Waals surface area (Å²) in [5.41, 5.74) is 5.17. The van der Waals surface area contributed by atoms with Crippen LogP contribution in [0, 0.1) is 11.6 Å². The van der Waals surface area contributed by atoms with E-state index in [0.29, 0.717) is 49.8 Å². The number of hydrogen-bond donors (Lipinski definition) is 3. The number of sulfonamides is 1. The van der Waals surface area contributed by atoms with Gasteiger partial charge in [-0.3, -0.25) is 4.79 Å². The third-order valence-corrected chi connectivity index (χ3v) is 8.51. The van der Waals surface area contributed by atoms with Gasteiger partial charge in [-0.2, -0.15) is 0 Å². The van der Waals surface area contributed by atoms with E-state index in [1.165, 1.54) is 16.6 Å². The van der Waals surface area contributed by atoms with Crippen molar-refractivity contribution in [1.82, 2.24) is 14.4 Å². The fourth-order valence-electron chi connectivity index (χ4n) is 3.74. The Morgan fingerprint density at radius 3 is 2.60 bits per heavy atom. The topological polar surface area (TPSA) is 143 Å². The van der Waals surface area contributed by atoms with Crippen molar-refractivity contribution in [3.05, 3.63) is 52.6 Å². The first-order chi connectivity index (χ1) is 16.7. The molecule has 4 N–H and O–H groups in total. The highest BCUT2D eigenvalue weighted by atomic mass is 32.2. The summed E-state index contributed by atoms with van der Waals surface area (Å²) in [6, 6.07) is 4.74. The van der Waals surface area contributed by atoms with Crippen LogP contribution in [0.2, 0.25) is 0 Å². The van der Waals surface area contributed by atoms with Crippen LogP contribution in [0.3, 0.4) is 0 Å². The molecule has 0 spiro atoms. The summed E-state index contributed by atoms with van der Waals surface area (Å²) >= 11 is 0.912. The van der Waals surface area contributed by atoms with Gasteiger partial charge in [-0.05, 0) is 31.4 Å². The number of ketones is 1. The van der Waals surface area contributed by atoms with E-state index in [4.69, 9.17) is 10.3 Å². The smallest absolute Gasteiger partial charge is 0.214 e. The molecule has 0 amide bonds. The number of benzene rings is 1. The number of carbonyl (C=O) groups excluding carboxylic acids is 1. The second kappa shape index (κ2) is 10.7. The lowest BCUT2D eigenvalue weighted by molar-refractivity contribution is 0.103. The number of thiazole rings is 1. The summed E-state index contributed by atoms with van der Waals surface area (Å²) in [5.74, 6) is -2.37. The zero-order valence-corrected chi connectivity index (χ0v) is 20.2. The van der Waals surface area contributed by atoms with Gasteiger partial charge in [-0.1, -0.05) is 22.6 Å². The number of halogens is 2. The molecule has 2 aromatic heterocycles. The number of nitrogen functional groups attached to an aromatic ring is 1. The Bertz CT molecular complexity index is 1250. The van der Waals surface area contributed by atoms with E-state index in [1.807, 2.05) is 0 Å². The van der Waals surface area contributed by atoms with Crippen molar-refractivity contribution in [2.45, 2.75) is 25.3 Å². The number of anilines is 3. The average molecular weight is 527 g/mol. The Kier molecular flexibility index (Phi) is 7.62. The molecule has 3 aromatic rings. The van der Waals surface area contributed by atoms with E-state index < -0.39 is 33.0 Å². The lowest BCUT2D eigenvalue weighted by Gasteiger charge is -2.31. The maximum Gasteiger partial charge on any atom is 0.214 e. The molecule has 3 heterocycles. The van der Waals surface area contributed by atoms with E-state index >= 15 is 0 Å². The predicted molar refractivity (Wildman–Crippen MR) is 128 cm³/mol. The van der Waals surface area contributed by atoms with E-state index in [2.05, 4.69) is 20.8 Å². The second-order valence-electron chi connectivity index (χ2n) is 7.96. The number of nitrogens with zero attached hydrogens (tertiary/aromatic N) is 3. The van der Waals surface area contributed by atoms with Crippen LogP contribution in [0.1, 0.15) is 34.5 Å². The molecular formula is C21H24F2N6O4S2. The molecule has 1 aliphatic rings. The quantitative estimate of drug-likeness (QED) is 0.268. The van der Waals surface area contributed by atoms with Crippen LogP contribution in [-0.4, -0.2) is 60.1 Å². The number of aromatic nitrogens is 2. The van der Waals surface area contributed by atoms with E-state index in [0.717, 1.165) is 23.5 Å². The fraction of sp³-hybridized carbons (Fsp3) is 0.381. The molecule has 0 aliphatic carbocycles. The van der Waals surface area contributed by atoms with Gasteiger partial charge in [0.25, 0.3) is 0 Å². The number of nitrogens with two attached hydrogens (primary N) is 1. The number of carbonyl (C=O) groups is 1. The van der Waals surface area contributed by atoms with Crippen LogP contribution in [0.25, 0.3) is 0 Å². The minimum Gasteiger partial charge on any atom is -0.382 e. The van der Waals surface area contributed by atoms with E-state index in [-0.39, 0.29) is 22.5 Å². The highest BCUT2D eigenvalue weighted by molar-refractivity contribution is 7.89. The first kappa shape index (κ1) is 25.0. The van der Waals surface area contributed by atoms with Crippen LogP contribution in [0.4, 0.5) is 25.5 Å². The van der Waals surface area contributed by atoms with Gasteiger partial charge in [0.15, 0.2) is 10.9 Å². The molecule has 10 nitrogen and oxygen atoms in total. The number of nitrogens with one attached hydrogen (secondary N) is 2.